The van der Waals surface area contributed by atoms with E-state index in [1.54, 1.807) is 0 Å². The topological polar surface area (TPSA) is 65.0 Å². The second kappa shape index (κ2) is 11.0. The summed E-state index contributed by atoms with van der Waals surface area (Å²) in [5.74, 6) is 0.829. The van der Waals surface area contributed by atoms with Crippen molar-refractivity contribution in [1.82, 2.24) is 15.1 Å². The van der Waals surface area contributed by atoms with Crippen LogP contribution in [0.5, 0.6) is 5.75 Å². The van der Waals surface area contributed by atoms with Gasteiger partial charge in [-0.2, -0.15) is 0 Å². The van der Waals surface area contributed by atoms with E-state index in [0.717, 1.165) is 37.5 Å². The van der Waals surface area contributed by atoms with Crippen molar-refractivity contribution >= 4 is 5.91 Å². The molecule has 0 spiro atoms. The van der Waals surface area contributed by atoms with Crippen molar-refractivity contribution in [3.63, 3.8) is 0 Å². The summed E-state index contributed by atoms with van der Waals surface area (Å²) in [6.45, 7) is 7.21. The van der Waals surface area contributed by atoms with E-state index in [4.69, 9.17) is 4.74 Å². The number of aliphatic hydroxyl groups excluding tert-OH is 1. The molecule has 1 unspecified atom stereocenters. The van der Waals surface area contributed by atoms with Crippen LogP contribution in [0.15, 0.2) is 54.6 Å². The van der Waals surface area contributed by atoms with Gasteiger partial charge in [-0.15, -0.1) is 0 Å². The monoisotopic (exact) mass is 397 g/mol. The predicted molar refractivity (Wildman–Crippen MR) is 114 cm³/mol. The number of amides is 1. The van der Waals surface area contributed by atoms with Gasteiger partial charge < -0.3 is 15.2 Å². The maximum Gasteiger partial charge on any atom is 0.234 e. The zero-order chi connectivity index (χ0) is 20.5. The number of ether oxygens (including phenoxy) is 1. The first-order valence-corrected chi connectivity index (χ1v) is 10.2. The van der Waals surface area contributed by atoms with Gasteiger partial charge in [0.2, 0.25) is 5.91 Å². The third kappa shape index (κ3) is 7.49. The van der Waals surface area contributed by atoms with Crippen molar-refractivity contribution in [3.05, 3.63) is 65.7 Å². The van der Waals surface area contributed by atoms with Crippen LogP contribution in [0.3, 0.4) is 0 Å². The molecule has 1 atom stereocenters. The Hall–Kier alpha value is -2.41. The van der Waals surface area contributed by atoms with Crippen molar-refractivity contribution in [1.29, 1.82) is 0 Å². The summed E-state index contributed by atoms with van der Waals surface area (Å²) in [6.07, 6.45) is -0.531. The highest BCUT2D eigenvalue weighted by Crippen LogP contribution is 2.12. The molecule has 6 nitrogen and oxygen atoms in total. The molecule has 0 saturated carbocycles. The van der Waals surface area contributed by atoms with Crippen LogP contribution in [0.25, 0.3) is 0 Å². The normalized spacial score (nSPS) is 16.3. The molecule has 3 rings (SSSR count). The number of nitrogens with zero attached hydrogens (tertiary/aromatic N) is 2. The number of rotatable bonds is 9. The molecule has 1 saturated heterocycles. The number of hydrogen-bond acceptors (Lipinski definition) is 5. The van der Waals surface area contributed by atoms with Gasteiger partial charge in [0.1, 0.15) is 18.5 Å². The second-order valence-electron chi connectivity index (χ2n) is 7.62. The average molecular weight is 398 g/mol. The van der Waals surface area contributed by atoms with Crippen LogP contribution in [0.2, 0.25) is 0 Å². The Morgan fingerprint density at radius 2 is 1.69 bits per heavy atom. The zero-order valence-electron chi connectivity index (χ0n) is 17.1. The SMILES string of the molecule is Cc1ccc(OCC(O)CN2CCN(CC(=O)NCc3ccccc3)CC2)cc1. The molecule has 1 heterocycles. The van der Waals surface area contributed by atoms with Gasteiger partial charge in [-0.1, -0.05) is 48.0 Å². The molecular weight excluding hydrogens is 366 g/mol. The highest BCUT2D eigenvalue weighted by atomic mass is 16.5. The summed E-state index contributed by atoms with van der Waals surface area (Å²) in [7, 11) is 0. The van der Waals surface area contributed by atoms with Crippen LogP contribution in [0.4, 0.5) is 0 Å². The summed E-state index contributed by atoms with van der Waals surface area (Å²) < 4.78 is 5.66. The minimum absolute atomic E-state index is 0.0498. The molecule has 2 aromatic rings. The minimum Gasteiger partial charge on any atom is -0.491 e. The zero-order valence-corrected chi connectivity index (χ0v) is 17.1. The molecule has 0 aromatic heterocycles. The van der Waals surface area contributed by atoms with E-state index in [1.807, 2.05) is 61.5 Å². The average Bonchev–Trinajstić information content (AvgIpc) is 2.74. The van der Waals surface area contributed by atoms with Crippen LogP contribution >= 0.6 is 0 Å². The van der Waals surface area contributed by atoms with Crippen molar-refractivity contribution in [3.8, 4) is 5.75 Å². The van der Waals surface area contributed by atoms with Crippen LogP contribution in [0, 0.1) is 6.92 Å². The Morgan fingerprint density at radius 1 is 1.03 bits per heavy atom. The van der Waals surface area contributed by atoms with E-state index in [0.29, 0.717) is 19.6 Å². The number of aryl methyl sites for hydroxylation is 1. The second-order valence-corrected chi connectivity index (χ2v) is 7.62. The van der Waals surface area contributed by atoms with Crippen LogP contribution in [-0.4, -0.2) is 72.8 Å². The Morgan fingerprint density at radius 3 is 2.38 bits per heavy atom. The lowest BCUT2D eigenvalue weighted by atomic mass is 10.2. The van der Waals surface area contributed by atoms with Gasteiger partial charge in [0.05, 0.1) is 6.54 Å². The fraction of sp³-hybridized carbons (Fsp3) is 0.435. The Balaban J connectivity index is 1.30. The molecule has 1 fully saturated rings. The highest BCUT2D eigenvalue weighted by Gasteiger charge is 2.21. The van der Waals surface area contributed by atoms with E-state index in [2.05, 4.69) is 15.1 Å². The van der Waals surface area contributed by atoms with E-state index in [-0.39, 0.29) is 12.5 Å². The first-order chi connectivity index (χ1) is 14.1. The van der Waals surface area contributed by atoms with E-state index >= 15 is 0 Å². The Kier molecular flexibility index (Phi) is 8.04. The fourth-order valence-electron chi connectivity index (χ4n) is 3.36. The van der Waals surface area contributed by atoms with Crippen LogP contribution in [-0.2, 0) is 11.3 Å². The Labute approximate surface area is 173 Å². The third-order valence-electron chi connectivity index (χ3n) is 5.10. The summed E-state index contributed by atoms with van der Waals surface area (Å²) in [6, 6.07) is 17.8. The van der Waals surface area contributed by atoms with Gasteiger partial charge in [0.25, 0.3) is 0 Å². The maximum absolute atomic E-state index is 12.2. The molecule has 1 amide bonds. The smallest absolute Gasteiger partial charge is 0.234 e. The van der Waals surface area contributed by atoms with Gasteiger partial charge in [-0.3, -0.25) is 14.6 Å². The molecule has 0 aliphatic carbocycles. The van der Waals surface area contributed by atoms with Gasteiger partial charge in [0.15, 0.2) is 0 Å². The summed E-state index contributed by atoms with van der Waals surface area (Å²) in [5.41, 5.74) is 2.29. The molecule has 29 heavy (non-hydrogen) atoms. The summed E-state index contributed by atoms with van der Waals surface area (Å²) in [4.78, 5) is 16.5. The number of benzene rings is 2. The van der Waals surface area contributed by atoms with Gasteiger partial charge in [0, 0.05) is 39.3 Å². The third-order valence-corrected chi connectivity index (χ3v) is 5.10. The fourth-order valence-corrected chi connectivity index (χ4v) is 3.36. The van der Waals surface area contributed by atoms with Crippen molar-refractivity contribution in [2.75, 3.05) is 45.9 Å². The molecule has 2 aromatic carbocycles. The predicted octanol–water partition coefficient (Wildman–Crippen LogP) is 1.67. The largest absolute Gasteiger partial charge is 0.491 e. The minimum atomic E-state index is -0.531. The molecule has 1 aliphatic rings. The van der Waals surface area contributed by atoms with Gasteiger partial charge in [-0.05, 0) is 24.6 Å². The van der Waals surface area contributed by atoms with Gasteiger partial charge in [-0.25, -0.2) is 0 Å². The summed E-state index contributed by atoms with van der Waals surface area (Å²) in [5, 5.41) is 13.2. The number of hydrogen-bond donors (Lipinski definition) is 2. The van der Waals surface area contributed by atoms with Gasteiger partial charge >= 0.3 is 0 Å². The quantitative estimate of drug-likeness (QED) is 0.674. The van der Waals surface area contributed by atoms with Crippen molar-refractivity contribution in [2.24, 2.45) is 0 Å². The number of piperazine rings is 1. The molecule has 1 aliphatic heterocycles. The van der Waals surface area contributed by atoms with Crippen LogP contribution in [0.1, 0.15) is 11.1 Å². The number of nitrogens with one attached hydrogen (secondary N) is 1. The number of β-amino-alcohol motifs (C(OH)–C–C–N with tert-alkyl or cyclic N) is 1. The first-order valence-electron chi connectivity index (χ1n) is 10.2. The lowest BCUT2D eigenvalue weighted by Gasteiger charge is -2.35. The molecule has 0 bridgehead atoms. The molecular formula is C23H31N3O3. The first kappa shape index (κ1) is 21.3. The maximum atomic E-state index is 12.2. The lowest BCUT2D eigenvalue weighted by molar-refractivity contribution is -0.122. The Bertz CT molecular complexity index is 744. The van der Waals surface area contributed by atoms with E-state index < -0.39 is 6.10 Å². The number of aliphatic hydroxyl groups is 1. The number of carbonyl (C=O) groups is 1. The molecule has 2 N–H and O–H groups in total. The molecule has 6 heteroatoms. The number of carbonyl (C=O) groups excluding carboxylic acids is 1. The standard InChI is InChI=1S/C23H31N3O3/c1-19-7-9-22(10-8-19)29-18-21(27)16-25-11-13-26(14-12-25)17-23(28)24-15-20-5-3-2-4-6-20/h2-10,21,27H,11-18H2,1H3,(H,24,28). The van der Waals surface area contributed by atoms with Crippen LogP contribution < -0.4 is 10.1 Å². The van der Waals surface area contributed by atoms with E-state index in [1.165, 1.54) is 5.56 Å². The summed E-state index contributed by atoms with van der Waals surface area (Å²) >= 11 is 0. The van der Waals surface area contributed by atoms with Crippen molar-refractivity contribution in [2.45, 2.75) is 19.6 Å². The molecule has 0 radical (unpaired) electrons. The lowest BCUT2D eigenvalue weighted by Crippen LogP contribution is -2.51. The van der Waals surface area contributed by atoms with Crippen molar-refractivity contribution < 1.29 is 14.6 Å². The van der Waals surface area contributed by atoms with E-state index in [9.17, 15) is 9.90 Å². The highest BCUT2D eigenvalue weighted by molar-refractivity contribution is 5.78. The molecule has 156 valence electrons.